The molecule has 1 fully saturated rings. The van der Waals surface area contributed by atoms with Crippen molar-refractivity contribution in [3.63, 3.8) is 0 Å². The first kappa shape index (κ1) is 22.7. The molecule has 5 rings (SSSR count). The zero-order chi connectivity index (χ0) is 24.2. The predicted molar refractivity (Wildman–Crippen MR) is 134 cm³/mol. The maximum atomic E-state index is 13.3. The molecule has 0 unspecified atom stereocenters. The minimum absolute atomic E-state index is 0.00900. The topological polar surface area (TPSA) is 75.9 Å². The maximum Gasteiger partial charge on any atom is 0.257 e. The van der Waals surface area contributed by atoms with Crippen LogP contribution in [0.3, 0.4) is 0 Å². The number of pyridine rings is 1. The summed E-state index contributed by atoms with van der Waals surface area (Å²) >= 11 is 0. The lowest BCUT2D eigenvalue weighted by molar-refractivity contribution is -0.121. The zero-order valence-electron chi connectivity index (χ0n) is 19.7. The lowest BCUT2D eigenvalue weighted by Crippen LogP contribution is -2.41. The number of rotatable bonds is 6. The molecule has 7 heteroatoms. The van der Waals surface area contributed by atoms with E-state index < -0.39 is 0 Å². The molecule has 2 amide bonds. The van der Waals surface area contributed by atoms with Gasteiger partial charge in [-0.1, -0.05) is 36.4 Å². The number of hydrogen-bond acceptors (Lipinski definition) is 4. The number of para-hydroxylation sites is 2. The number of carbonyl (C=O) groups excluding carboxylic acids is 2. The van der Waals surface area contributed by atoms with Gasteiger partial charge in [0.05, 0.1) is 11.3 Å². The van der Waals surface area contributed by atoms with E-state index >= 15 is 0 Å². The molecule has 35 heavy (non-hydrogen) atoms. The van der Waals surface area contributed by atoms with Crippen LogP contribution in [-0.2, 0) is 11.4 Å². The first-order valence-electron chi connectivity index (χ1n) is 11.9. The lowest BCUT2D eigenvalue weighted by atomic mass is 9.95. The number of carbonyl (C=O) groups is 2. The number of nitrogens with zero attached hydrogens (tertiary/aromatic N) is 3. The molecular weight excluding hydrogens is 440 g/mol. The summed E-state index contributed by atoms with van der Waals surface area (Å²) in [4.78, 5) is 32.4. The fraction of sp³-hybridized carbons (Fsp3) is 0.250. The van der Waals surface area contributed by atoms with Gasteiger partial charge in [0.25, 0.3) is 5.91 Å². The predicted octanol–water partition coefficient (Wildman–Crippen LogP) is 4.71. The second-order valence-corrected chi connectivity index (χ2v) is 8.86. The maximum absolute atomic E-state index is 13.3. The van der Waals surface area contributed by atoms with Gasteiger partial charge in [0.15, 0.2) is 0 Å². The number of fused-ring (bicyclic) bond motifs is 1. The number of ether oxygens (including phenoxy) is 1. The molecular formula is C28H28N4O3. The molecule has 1 aliphatic heterocycles. The van der Waals surface area contributed by atoms with E-state index in [2.05, 4.69) is 10.3 Å². The number of piperidine rings is 1. The third-order valence-corrected chi connectivity index (χ3v) is 6.42. The number of benzene rings is 2. The molecule has 3 heterocycles. The molecule has 0 spiro atoms. The van der Waals surface area contributed by atoms with Crippen molar-refractivity contribution < 1.29 is 14.3 Å². The van der Waals surface area contributed by atoms with Crippen LogP contribution in [0, 0.1) is 12.8 Å². The molecule has 1 aliphatic rings. The number of likely N-dealkylation sites (tertiary alicyclic amines) is 1. The molecule has 0 bridgehead atoms. The summed E-state index contributed by atoms with van der Waals surface area (Å²) in [6.07, 6.45) is 5.17. The highest BCUT2D eigenvalue weighted by molar-refractivity contribution is 5.97. The Kier molecular flexibility index (Phi) is 6.48. The minimum Gasteiger partial charge on any atom is -0.486 e. The first-order valence-corrected chi connectivity index (χ1v) is 11.9. The summed E-state index contributed by atoms with van der Waals surface area (Å²) in [5.41, 5.74) is 4.11. The SMILES string of the molecule is Cc1cccn2cc(COc3ccccc3C(=O)N3CCC(C(=O)Nc4ccccc4)CC3)nc12. The van der Waals surface area contributed by atoms with Crippen molar-refractivity contribution in [2.24, 2.45) is 5.92 Å². The summed E-state index contributed by atoms with van der Waals surface area (Å²) in [7, 11) is 0. The summed E-state index contributed by atoms with van der Waals surface area (Å²) < 4.78 is 8.02. The fourth-order valence-corrected chi connectivity index (χ4v) is 4.48. The van der Waals surface area contributed by atoms with Crippen LogP contribution in [-0.4, -0.2) is 39.2 Å². The van der Waals surface area contributed by atoms with E-state index in [1.165, 1.54) is 0 Å². The Morgan fingerprint density at radius 3 is 2.51 bits per heavy atom. The fourth-order valence-electron chi connectivity index (χ4n) is 4.48. The van der Waals surface area contributed by atoms with E-state index in [1.807, 2.05) is 89.3 Å². The minimum atomic E-state index is -0.107. The van der Waals surface area contributed by atoms with Gasteiger partial charge in [-0.15, -0.1) is 0 Å². The molecule has 0 aliphatic carbocycles. The molecule has 0 atom stereocenters. The molecule has 7 nitrogen and oxygen atoms in total. The van der Waals surface area contributed by atoms with Gasteiger partial charge in [0, 0.05) is 37.1 Å². The van der Waals surface area contributed by atoms with E-state index in [-0.39, 0.29) is 24.3 Å². The number of amides is 2. The normalized spacial score (nSPS) is 14.1. The van der Waals surface area contributed by atoms with Crippen LogP contribution in [0.25, 0.3) is 5.65 Å². The number of imidazole rings is 1. The van der Waals surface area contributed by atoms with Crippen molar-refractivity contribution in [1.29, 1.82) is 0 Å². The number of hydrogen-bond donors (Lipinski definition) is 1. The summed E-state index contributed by atoms with van der Waals surface area (Å²) in [6, 6.07) is 20.8. The van der Waals surface area contributed by atoms with Gasteiger partial charge in [0.1, 0.15) is 18.0 Å². The van der Waals surface area contributed by atoms with Crippen molar-refractivity contribution in [3.05, 3.63) is 95.9 Å². The average Bonchev–Trinajstić information content (AvgIpc) is 3.32. The molecule has 2 aromatic carbocycles. The molecule has 1 saturated heterocycles. The summed E-state index contributed by atoms with van der Waals surface area (Å²) in [6.45, 7) is 3.36. The van der Waals surface area contributed by atoms with Gasteiger partial charge in [-0.25, -0.2) is 4.98 Å². The average molecular weight is 469 g/mol. The van der Waals surface area contributed by atoms with Crippen molar-refractivity contribution in [2.45, 2.75) is 26.4 Å². The quantitative estimate of drug-likeness (QED) is 0.445. The van der Waals surface area contributed by atoms with Crippen LogP contribution in [0.15, 0.2) is 79.1 Å². The molecule has 178 valence electrons. The van der Waals surface area contributed by atoms with Crippen molar-refractivity contribution in [2.75, 3.05) is 18.4 Å². The number of anilines is 1. The lowest BCUT2D eigenvalue weighted by Gasteiger charge is -2.31. The van der Waals surface area contributed by atoms with Gasteiger partial charge < -0.3 is 19.4 Å². The van der Waals surface area contributed by atoms with Crippen LogP contribution in [0.5, 0.6) is 5.75 Å². The van der Waals surface area contributed by atoms with Crippen molar-refractivity contribution in [1.82, 2.24) is 14.3 Å². The van der Waals surface area contributed by atoms with Gasteiger partial charge in [-0.05, 0) is 55.7 Å². The first-order chi connectivity index (χ1) is 17.1. The van der Waals surface area contributed by atoms with E-state index in [9.17, 15) is 9.59 Å². The van der Waals surface area contributed by atoms with Gasteiger partial charge in [-0.3, -0.25) is 9.59 Å². The highest BCUT2D eigenvalue weighted by Gasteiger charge is 2.29. The Hall–Kier alpha value is -4.13. The smallest absolute Gasteiger partial charge is 0.257 e. The third kappa shape index (κ3) is 5.04. The van der Waals surface area contributed by atoms with Gasteiger partial charge in [-0.2, -0.15) is 0 Å². The van der Waals surface area contributed by atoms with Gasteiger partial charge in [0.2, 0.25) is 5.91 Å². The Morgan fingerprint density at radius 2 is 1.74 bits per heavy atom. The van der Waals surface area contributed by atoms with Crippen LogP contribution >= 0.6 is 0 Å². The highest BCUT2D eigenvalue weighted by atomic mass is 16.5. The molecule has 1 N–H and O–H groups in total. The van der Waals surface area contributed by atoms with E-state index in [4.69, 9.17) is 4.74 Å². The highest BCUT2D eigenvalue weighted by Crippen LogP contribution is 2.25. The van der Waals surface area contributed by atoms with Crippen LogP contribution in [0.2, 0.25) is 0 Å². The zero-order valence-corrected chi connectivity index (χ0v) is 19.7. The third-order valence-electron chi connectivity index (χ3n) is 6.42. The van der Waals surface area contributed by atoms with E-state index in [0.717, 1.165) is 22.6 Å². The Balaban J connectivity index is 1.21. The van der Waals surface area contributed by atoms with E-state index in [1.54, 1.807) is 6.07 Å². The standard InChI is InChI=1S/C28H28N4O3/c1-20-8-7-15-32-18-23(29-26(20)32)19-35-25-12-6-5-11-24(25)28(34)31-16-13-21(14-17-31)27(33)30-22-9-3-2-4-10-22/h2-12,15,18,21H,13-14,16-17,19H2,1H3,(H,30,33). The summed E-state index contributed by atoms with van der Waals surface area (Å²) in [5.74, 6) is 0.363. The van der Waals surface area contributed by atoms with E-state index in [0.29, 0.717) is 37.2 Å². The molecule has 0 radical (unpaired) electrons. The second kappa shape index (κ2) is 10.0. The monoisotopic (exact) mass is 468 g/mol. The van der Waals surface area contributed by atoms with Crippen molar-refractivity contribution >= 4 is 23.1 Å². The molecule has 2 aromatic heterocycles. The number of aryl methyl sites for hydroxylation is 1. The van der Waals surface area contributed by atoms with Crippen LogP contribution in [0.4, 0.5) is 5.69 Å². The van der Waals surface area contributed by atoms with Crippen molar-refractivity contribution in [3.8, 4) is 5.75 Å². The Labute approximate surface area is 204 Å². The van der Waals surface area contributed by atoms with Crippen LogP contribution < -0.4 is 10.1 Å². The number of nitrogens with one attached hydrogen (secondary N) is 1. The Morgan fingerprint density at radius 1 is 1.00 bits per heavy atom. The Bertz CT molecular complexity index is 1340. The summed E-state index contributed by atoms with van der Waals surface area (Å²) in [5, 5.41) is 2.97. The van der Waals surface area contributed by atoms with Crippen LogP contribution in [0.1, 0.15) is 34.5 Å². The molecule has 4 aromatic rings. The number of aromatic nitrogens is 2. The van der Waals surface area contributed by atoms with Gasteiger partial charge >= 0.3 is 0 Å². The molecule has 0 saturated carbocycles. The second-order valence-electron chi connectivity index (χ2n) is 8.86. The largest absolute Gasteiger partial charge is 0.486 e.